The minimum Gasteiger partial charge on any atom is -0.353 e. The van der Waals surface area contributed by atoms with Crippen LogP contribution in [0.4, 0.5) is 5.69 Å². The van der Waals surface area contributed by atoms with E-state index in [1.165, 1.54) is 10.9 Å². The third-order valence-corrected chi connectivity index (χ3v) is 4.98. The van der Waals surface area contributed by atoms with Crippen molar-refractivity contribution < 1.29 is 4.79 Å². The van der Waals surface area contributed by atoms with Crippen LogP contribution >= 0.6 is 0 Å². The third-order valence-electron chi connectivity index (χ3n) is 4.98. The second kappa shape index (κ2) is 8.09. The molecule has 1 amide bonds. The van der Waals surface area contributed by atoms with Crippen LogP contribution in [0.5, 0.6) is 0 Å². The number of nitrogens with one attached hydrogen (secondary N) is 2. The number of aromatic nitrogens is 2. The minimum atomic E-state index is 0.0496. The zero-order chi connectivity index (χ0) is 19.3. The van der Waals surface area contributed by atoms with Gasteiger partial charge in [0.05, 0.1) is 11.4 Å². The van der Waals surface area contributed by atoms with Gasteiger partial charge >= 0.3 is 0 Å². The van der Waals surface area contributed by atoms with Crippen molar-refractivity contribution in [2.75, 3.05) is 5.32 Å². The van der Waals surface area contributed by atoms with Crippen molar-refractivity contribution in [3.63, 3.8) is 0 Å². The molecule has 0 atom stereocenters. The zero-order valence-corrected chi connectivity index (χ0v) is 15.9. The number of amides is 1. The van der Waals surface area contributed by atoms with Gasteiger partial charge in [0.1, 0.15) is 0 Å². The van der Waals surface area contributed by atoms with Gasteiger partial charge in [0.15, 0.2) is 0 Å². The Hall–Kier alpha value is -3.40. The molecule has 0 unspecified atom stereocenters. The number of benzene rings is 2. The number of pyridine rings is 1. The van der Waals surface area contributed by atoms with E-state index in [4.69, 9.17) is 0 Å². The second-order valence-electron chi connectivity index (χ2n) is 6.96. The van der Waals surface area contributed by atoms with E-state index in [9.17, 15) is 4.79 Å². The quantitative estimate of drug-likeness (QED) is 0.471. The van der Waals surface area contributed by atoms with Gasteiger partial charge in [-0.1, -0.05) is 42.5 Å². The summed E-state index contributed by atoms with van der Waals surface area (Å²) in [6.07, 6.45) is 3.88. The first kappa shape index (κ1) is 18.0. The number of H-pyrrole nitrogens is 1. The molecule has 4 heteroatoms. The maximum atomic E-state index is 12.4. The summed E-state index contributed by atoms with van der Waals surface area (Å²) in [7, 11) is 0. The summed E-state index contributed by atoms with van der Waals surface area (Å²) in [5.41, 5.74) is 6.25. The van der Waals surface area contributed by atoms with E-state index in [-0.39, 0.29) is 5.91 Å². The first-order chi connectivity index (χ1) is 13.7. The molecule has 0 bridgehead atoms. The van der Waals surface area contributed by atoms with Crippen molar-refractivity contribution in [3.05, 3.63) is 84.1 Å². The lowest BCUT2D eigenvalue weighted by Crippen LogP contribution is -2.12. The number of aromatic amines is 1. The Kier molecular flexibility index (Phi) is 5.20. The predicted molar refractivity (Wildman–Crippen MR) is 114 cm³/mol. The maximum absolute atomic E-state index is 12.4. The Morgan fingerprint density at radius 2 is 1.79 bits per heavy atom. The van der Waals surface area contributed by atoms with Crippen LogP contribution in [-0.4, -0.2) is 15.9 Å². The largest absolute Gasteiger partial charge is 0.353 e. The number of aryl methyl sites for hydroxylation is 2. The molecule has 4 rings (SSSR count). The van der Waals surface area contributed by atoms with Crippen molar-refractivity contribution in [1.29, 1.82) is 0 Å². The molecule has 2 heterocycles. The highest BCUT2D eigenvalue weighted by molar-refractivity contribution is 5.92. The zero-order valence-electron chi connectivity index (χ0n) is 15.9. The smallest absolute Gasteiger partial charge is 0.224 e. The molecule has 0 radical (unpaired) electrons. The van der Waals surface area contributed by atoms with E-state index >= 15 is 0 Å². The summed E-state index contributed by atoms with van der Waals surface area (Å²) in [6, 6.07) is 22.1. The van der Waals surface area contributed by atoms with E-state index in [0.717, 1.165) is 41.0 Å². The first-order valence-electron chi connectivity index (χ1n) is 9.59. The Labute approximate surface area is 164 Å². The molecule has 0 aliphatic carbocycles. The fourth-order valence-corrected chi connectivity index (χ4v) is 3.54. The number of nitrogens with zero attached hydrogens (tertiary/aromatic N) is 1. The molecule has 28 heavy (non-hydrogen) atoms. The molecule has 0 spiro atoms. The monoisotopic (exact) mass is 369 g/mol. The first-order valence-corrected chi connectivity index (χ1v) is 9.59. The van der Waals surface area contributed by atoms with Crippen LogP contribution in [0.25, 0.3) is 22.3 Å². The molecule has 0 fully saturated rings. The average Bonchev–Trinajstić information content (AvgIpc) is 3.09. The Morgan fingerprint density at radius 1 is 1.00 bits per heavy atom. The summed E-state index contributed by atoms with van der Waals surface area (Å²) in [6.45, 7) is 2.00. The molecule has 2 aromatic carbocycles. The number of hydrogen-bond acceptors (Lipinski definition) is 2. The number of para-hydroxylation sites is 2. The van der Waals surface area contributed by atoms with Crippen molar-refractivity contribution in [1.82, 2.24) is 9.97 Å². The highest BCUT2D eigenvalue weighted by Crippen LogP contribution is 2.30. The summed E-state index contributed by atoms with van der Waals surface area (Å²) in [5, 5.41) is 4.21. The minimum absolute atomic E-state index is 0.0496. The molecule has 0 saturated carbocycles. The van der Waals surface area contributed by atoms with Gasteiger partial charge in [-0.3, -0.25) is 9.78 Å². The third kappa shape index (κ3) is 3.81. The molecular weight excluding hydrogens is 346 g/mol. The second-order valence-corrected chi connectivity index (χ2v) is 6.96. The highest BCUT2D eigenvalue weighted by Gasteiger charge is 2.14. The van der Waals surface area contributed by atoms with Gasteiger partial charge in [-0.15, -0.1) is 0 Å². The van der Waals surface area contributed by atoms with Crippen molar-refractivity contribution >= 4 is 22.5 Å². The fraction of sp³-hybridized carbons (Fsp3) is 0.167. The van der Waals surface area contributed by atoms with Crippen LogP contribution in [0.2, 0.25) is 0 Å². The topological polar surface area (TPSA) is 57.8 Å². The van der Waals surface area contributed by atoms with Crippen LogP contribution in [0, 0.1) is 6.92 Å². The number of carbonyl (C=O) groups excluding carboxylic acids is 1. The van der Waals surface area contributed by atoms with Gasteiger partial charge < -0.3 is 10.3 Å². The summed E-state index contributed by atoms with van der Waals surface area (Å²) >= 11 is 0. The van der Waals surface area contributed by atoms with E-state index < -0.39 is 0 Å². The van der Waals surface area contributed by atoms with Crippen molar-refractivity contribution in [3.8, 4) is 11.4 Å². The number of anilines is 1. The average molecular weight is 369 g/mol. The normalized spacial score (nSPS) is 10.9. The summed E-state index contributed by atoms with van der Waals surface area (Å²) < 4.78 is 0. The number of carbonyl (C=O) groups is 1. The van der Waals surface area contributed by atoms with Gasteiger partial charge in [-0.25, -0.2) is 0 Å². The van der Waals surface area contributed by atoms with Gasteiger partial charge in [0, 0.05) is 29.2 Å². The lowest BCUT2D eigenvalue weighted by atomic mass is 10.0. The van der Waals surface area contributed by atoms with Crippen LogP contribution in [0.15, 0.2) is 72.9 Å². The molecular formula is C24H23N3O. The molecule has 0 aliphatic heterocycles. The molecule has 4 aromatic rings. The molecule has 140 valence electrons. The Balaban J connectivity index is 1.50. The number of rotatable bonds is 6. The predicted octanol–water partition coefficient (Wildman–Crippen LogP) is 5.50. The van der Waals surface area contributed by atoms with Gasteiger partial charge in [-0.2, -0.15) is 0 Å². The highest BCUT2D eigenvalue weighted by atomic mass is 16.1. The molecule has 0 aliphatic rings. The van der Waals surface area contributed by atoms with E-state index in [1.807, 2.05) is 61.5 Å². The van der Waals surface area contributed by atoms with Crippen LogP contribution in [0.1, 0.15) is 24.0 Å². The number of hydrogen-bond donors (Lipinski definition) is 2. The van der Waals surface area contributed by atoms with E-state index in [0.29, 0.717) is 6.42 Å². The van der Waals surface area contributed by atoms with Crippen LogP contribution < -0.4 is 5.32 Å². The van der Waals surface area contributed by atoms with Crippen LogP contribution in [0.3, 0.4) is 0 Å². The summed E-state index contributed by atoms with van der Waals surface area (Å²) in [4.78, 5) is 20.4. The van der Waals surface area contributed by atoms with Crippen LogP contribution in [-0.2, 0) is 11.2 Å². The van der Waals surface area contributed by atoms with Crippen molar-refractivity contribution in [2.45, 2.75) is 26.2 Å². The van der Waals surface area contributed by atoms with Gasteiger partial charge in [0.25, 0.3) is 0 Å². The Morgan fingerprint density at radius 3 is 2.61 bits per heavy atom. The molecule has 2 aromatic heterocycles. The van der Waals surface area contributed by atoms with Gasteiger partial charge in [0.2, 0.25) is 5.91 Å². The lowest BCUT2D eigenvalue weighted by Gasteiger charge is -2.08. The fourth-order valence-electron chi connectivity index (χ4n) is 3.54. The van der Waals surface area contributed by atoms with E-state index in [2.05, 4.69) is 27.4 Å². The molecule has 4 nitrogen and oxygen atoms in total. The standard InChI is InChI=1S/C24H23N3O/c1-17-9-2-4-12-20(17)26-23(28)15-8-11-19-18-10-3-5-13-21(18)27-24(19)22-14-6-7-16-25-22/h2-7,9-10,12-14,16,27H,8,11,15H2,1H3,(H,26,28). The SMILES string of the molecule is Cc1ccccc1NC(=O)CCCc1c(-c2ccccn2)[nH]c2ccccc12. The van der Waals surface area contributed by atoms with Crippen molar-refractivity contribution in [2.24, 2.45) is 0 Å². The molecule has 2 N–H and O–H groups in total. The Bertz CT molecular complexity index is 1100. The molecule has 0 saturated heterocycles. The summed E-state index contributed by atoms with van der Waals surface area (Å²) in [5.74, 6) is 0.0496. The van der Waals surface area contributed by atoms with Gasteiger partial charge in [-0.05, 0) is 55.2 Å². The number of fused-ring (bicyclic) bond motifs is 1. The maximum Gasteiger partial charge on any atom is 0.224 e. The lowest BCUT2D eigenvalue weighted by molar-refractivity contribution is -0.116. The van der Waals surface area contributed by atoms with E-state index in [1.54, 1.807) is 6.20 Å².